The molecule has 2 aromatic carbocycles. The number of para-hydroxylation sites is 1. The van der Waals surface area contributed by atoms with E-state index >= 15 is 0 Å². The molecule has 2 aromatic heterocycles. The van der Waals surface area contributed by atoms with Gasteiger partial charge in [-0.2, -0.15) is 0 Å². The van der Waals surface area contributed by atoms with Crippen molar-refractivity contribution in [2.45, 2.75) is 25.4 Å². The van der Waals surface area contributed by atoms with Gasteiger partial charge in [-0.15, -0.1) is 0 Å². The zero-order chi connectivity index (χ0) is 21.2. The maximum absolute atomic E-state index is 6.33. The summed E-state index contributed by atoms with van der Waals surface area (Å²) < 4.78 is 11.7. The summed E-state index contributed by atoms with van der Waals surface area (Å²) in [5.74, 6) is 2.12. The molecule has 7 heteroatoms. The van der Waals surface area contributed by atoms with Crippen molar-refractivity contribution in [2.24, 2.45) is 0 Å². The van der Waals surface area contributed by atoms with Gasteiger partial charge < -0.3 is 15.0 Å². The summed E-state index contributed by atoms with van der Waals surface area (Å²) in [6.45, 7) is 4.61. The van der Waals surface area contributed by atoms with Crippen molar-refractivity contribution in [1.82, 2.24) is 19.3 Å². The molecule has 0 radical (unpaired) electrons. The molecular weight excluding hydrogens is 406 g/mol. The Morgan fingerprint density at radius 3 is 2.65 bits per heavy atom. The van der Waals surface area contributed by atoms with Crippen molar-refractivity contribution in [2.75, 3.05) is 5.73 Å². The summed E-state index contributed by atoms with van der Waals surface area (Å²) in [5, 5.41) is 2.74. The van der Waals surface area contributed by atoms with Crippen LogP contribution in [-0.4, -0.2) is 20.6 Å². The average Bonchev–Trinajstić information content (AvgIpc) is 3.14. The van der Waals surface area contributed by atoms with Gasteiger partial charge in [-0.1, -0.05) is 48.9 Å². The normalized spacial score (nSPS) is 15.5. The molecule has 0 fully saturated rings. The molecule has 4 aromatic rings. The first kappa shape index (κ1) is 19.7. The smallest absolute Gasteiger partial charge is 0.146 e. The highest BCUT2D eigenvalue weighted by Crippen LogP contribution is 2.40. The lowest BCUT2D eigenvalue weighted by molar-refractivity contribution is 0.448. The Balaban J connectivity index is 1.54. The number of nitrogens with one attached hydrogen (secondary N) is 1. The molecule has 1 atom stereocenters. The Morgan fingerprint density at radius 2 is 1.87 bits per heavy atom. The predicted molar refractivity (Wildman–Crippen MR) is 127 cm³/mol. The third kappa shape index (κ3) is 3.78. The number of nitrogen functional groups attached to an aromatic ring is 1. The summed E-state index contributed by atoms with van der Waals surface area (Å²) in [5.41, 5.74) is 10.7. The Kier molecular flexibility index (Phi) is 5.36. The number of aromatic nitrogens is 3. The number of nitrogens with two attached hydrogens (primary N) is 1. The van der Waals surface area contributed by atoms with Crippen LogP contribution in [0.15, 0.2) is 72.9 Å². The lowest BCUT2D eigenvalue weighted by Gasteiger charge is -2.25. The molecule has 0 spiro atoms. The van der Waals surface area contributed by atoms with Gasteiger partial charge in [-0.25, -0.2) is 9.97 Å². The molecule has 3 N–H and O–H groups in total. The minimum absolute atomic E-state index is 0.344. The van der Waals surface area contributed by atoms with Crippen molar-refractivity contribution in [3.05, 3.63) is 78.6 Å². The van der Waals surface area contributed by atoms with E-state index in [-0.39, 0.29) is 0 Å². The van der Waals surface area contributed by atoms with Gasteiger partial charge in [0.1, 0.15) is 29.3 Å². The number of hydrogen-bond donors (Lipinski definition) is 2. The monoisotopic (exact) mass is 429 g/mol. The molecule has 156 valence electrons. The van der Waals surface area contributed by atoms with Crippen LogP contribution in [0.5, 0.6) is 11.5 Å². The maximum Gasteiger partial charge on any atom is 0.146 e. The molecule has 5 rings (SSSR count). The number of anilines is 1. The highest BCUT2D eigenvalue weighted by Gasteiger charge is 2.27. The Hall–Kier alpha value is -3.29. The number of nitrogens with zero attached hydrogens (tertiary/aromatic N) is 3. The standard InChI is InChI=1S/C24H23N5OS/c1-2-31-28-17-10-13-20-21(22-23(25)26-15-27-24(22)29(20)14-17)16-8-11-19(12-9-16)30-18-6-4-3-5-7-18/h2-9,11-12,15,17,28H,1,10,13-14H2,(H2,25,26,27). The van der Waals surface area contributed by atoms with E-state index in [2.05, 4.69) is 38.0 Å². The van der Waals surface area contributed by atoms with Gasteiger partial charge in [0, 0.05) is 23.8 Å². The van der Waals surface area contributed by atoms with E-state index in [1.165, 1.54) is 17.6 Å². The second kappa shape index (κ2) is 8.45. The van der Waals surface area contributed by atoms with Crippen LogP contribution < -0.4 is 15.2 Å². The van der Waals surface area contributed by atoms with E-state index in [9.17, 15) is 0 Å². The van der Waals surface area contributed by atoms with Gasteiger partial charge in [0.25, 0.3) is 0 Å². The molecule has 1 aliphatic rings. The lowest BCUT2D eigenvalue weighted by atomic mass is 9.97. The van der Waals surface area contributed by atoms with Crippen LogP contribution in [0.1, 0.15) is 12.1 Å². The van der Waals surface area contributed by atoms with Crippen LogP contribution in [0.25, 0.3) is 22.2 Å². The first-order valence-electron chi connectivity index (χ1n) is 10.2. The second-order valence-corrected chi connectivity index (χ2v) is 8.27. The Labute approximate surface area is 185 Å². The second-order valence-electron chi connectivity index (χ2n) is 7.47. The highest BCUT2D eigenvalue weighted by molar-refractivity contribution is 8.00. The van der Waals surface area contributed by atoms with Gasteiger partial charge in [0.05, 0.1) is 5.39 Å². The van der Waals surface area contributed by atoms with E-state index in [1.54, 1.807) is 6.33 Å². The fourth-order valence-corrected chi connectivity index (χ4v) is 4.67. The summed E-state index contributed by atoms with van der Waals surface area (Å²) >= 11 is 1.53. The highest BCUT2D eigenvalue weighted by atomic mass is 32.2. The van der Waals surface area contributed by atoms with Crippen LogP contribution >= 0.6 is 11.9 Å². The molecule has 1 aliphatic heterocycles. The van der Waals surface area contributed by atoms with Crippen LogP contribution in [0.3, 0.4) is 0 Å². The molecule has 0 bridgehead atoms. The van der Waals surface area contributed by atoms with Crippen LogP contribution in [0, 0.1) is 0 Å². The fourth-order valence-electron chi connectivity index (χ4n) is 4.19. The van der Waals surface area contributed by atoms with E-state index in [0.29, 0.717) is 11.9 Å². The largest absolute Gasteiger partial charge is 0.457 e. The maximum atomic E-state index is 6.33. The quantitative estimate of drug-likeness (QED) is 0.412. The average molecular weight is 430 g/mol. The molecule has 0 saturated carbocycles. The predicted octanol–water partition coefficient (Wildman–Crippen LogP) is 5.17. The lowest BCUT2D eigenvalue weighted by Crippen LogP contribution is -2.33. The number of fused-ring (bicyclic) bond motifs is 3. The van der Waals surface area contributed by atoms with E-state index < -0.39 is 0 Å². The van der Waals surface area contributed by atoms with Gasteiger partial charge in [0.2, 0.25) is 0 Å². The summed E-state index contributed by atoms with van der Waals surface area (Å²) in [6, 6.07) is 18.3. The topological polar surface area (TPSA) is 78.0 Å². The minimum Gasteiger partial charge on any atom is -0.457 e. The molecule has 3 heterocycles. The fraction of sp³-hybridized carbons (Fsp3) is 0.167. The van der Waals surface area contributed by atoms with Gasteiger partial charge in [0.15, 0.2) is 0 Å². The molecule has 0 aliphatic carbocycles. The first-order valence-corrected chi connectivity index (χ1v) is 11.1. The zero-order valence-corrected chi connectivity index (χ0v) is 17.8. The van der Waals surface area contributed by atoms with Crippen molar-refractivity contribution < 1.29 is 4.74 Å². The molecule has 6 nitrogen and oxygen atoms in total. The summed E-state index contributed by atoms with van der Waals surface area (Å²) in [7, 11) is 0. The van der Waals surface area contributed by atoms with Crippen LogP contribution in [-0.2, 0) is 13.0 Å². The number of benzene rings is 2. The third-order valence-electron chi connectivity index (χ3n) is 5.55. The summed E-state index contributed by atoms with van der Waals surface area (Å²) in [6.07, 6.45) is 3.51. The molecular formula is C24H23N5OS. The van der Waals surface area contributed by atoms with E-state index in [1.807, 2.05) is 47.9 Å². The molecule has 0 saturated heterocycles. The van der Waals surface area contributed by atoms with E-state index in [0.717, 1.165) is 53.0 Å². The molecule has 0 amide bonds. The Bertz CT molecular complexity index is 1220. The zero-order valence-electron chi connectivity index (χ0n) is 17.0. The van der Waals surface area contributed by atoms with Crippen molar-refractivity contribution in [3.8, 4) is 22.6 Å². The number of rotatable bonds is 6. The molecule has 31 heavy (non-hydrogen) atoms. The summed E-state index contributed by atoms with van der Waals surface area (Å²) in [4.78, 5) is 8.86. The Morgan fingerprint density at radius 1 is 1.10 bits per heavy atom. The van der Waals surface area contributed by atoms with Crippen LogP contribution in [0.4, 0.5) is 5.82 Å². The van der Waals surface area contributed by atoms with Gasteiger partial charge in [-0.05, 0) is 48.1 Å². The number of hydrogen-bond acceptors (Lipinski definition) is 6. The van der Waals surface area contributed by atoms with Crippen molar-refractivity contribution in [1.29, 1.82) is 0 Å². The molecule has 1 unspecified atom stereocenters. The number of ether oxygens (including phenoxy) is 1. The van der Waals surface area contributed by atoms with Gasteiger partial charge in [-0.3, -0.25) is 4.72 Å². The minimum atomic E-state index is 0.344. The van der Waals surface area contributed by atoms with Gasteiger partial charge >= 0.3 is 0 Å². The van der Waals surface area contributed by atoms with Crippen molar-refractivity contribution >= 4 is 28.8 Å². The van der Waals surface area contributed by atoms with Crippen molar-refractivity contribution in [3.63, 3.8) is 0 Å². The first-order chi connectivity index (χ1) is 15.2. The third-order valence-corrected chi connectivity index (χ3v) is 6.19. The SMILES string of the molecule is C=CSNC1CCc2c(-c3ccc(Oc4ccccc4)cc3)c3c(N)ncnc3n2C1. The van der Waals surface area contributed by atoms with E-state index in [4.69, 9.17) is 10.5 Å². The van der Waals surface area contributed by atoms with Crippen LogP contribution in [0.2, 0.25) is 0 Å².